The Morgan fingerprint density at radius 3 is 2.43 bits per heavy atom. The predicted octanol–water partition coefficient (Wildman–Crippen LogP) is 3.18. The minimum absolute atomic E-state index is 0.216. The van der Waals surface area contributed by atoms with Crippen LogP contribution in [-0.4, -0.2) is 13.2 Å². The summed E-state index contributed by atoms with van der Waals surface area (Å²) in [5.74, 6) is -0.505. The average molecular weight is 237 g/mol. The molecule has 0 aromatic heterocycles. The summed E-state index contributed by atoms with van der Waals surface area (Å²) in [5, 5.41) is 0.483. The number of benzene rings is 1. The molecular weight excluding hydrogens is 230 g/mol. The van der Waals surface area contributed by atoms with Gasteiger partial charge in [-0.1, -0.05) is 23.2 Å². The Balaban J connectivity index is 2.40. The average Bonchev–Trinajstić information content (AvgIpc) is 2.54. The van der Waals surface area contributed by atoms with Gasteiger partial charge in [-0.05, 0) is 12.1 Å². The normalized spacial score (nSPS) is 17.6. The van der Waals surface area contributed by atoms with E-state index in [1.165, 1.54) is 12.1 Å². The van der Waals surface area contributed by atoms with Crippen molar-refractivity contribution in [1.82, 2.24) is 0 Å². The van der Waals surface area contributed by atoms with Gasteiger partial charge < -0.3 is 9.47 Å². The van der Waals surface area contributed by atoms with Crippen molar-refractivity contribution in [1.29, 1.82) is 0 Å². The second kappa shape index (κ2) is 4.03. The highest BCUT2D eigenvalue weighted by Gasteiger charge is 2.24. The molecule has 0 spiro atoms. The van der Waals surface area contributed by atoms with Crippen molar-refractivity contribution in [3.8, 4) is 0 Å². The van der Waals surface area contributed by atoms with E-state index in [9.17, 15) is 4.39 Å². The lowest BCUT2D eigenvalue weighted by atomic mass is 10.2. The Morgan fingerprint density at radius 1 is 1.21 bits per heavy atom. The molecule has 0 aliphatic carbocycles. The first-order valence-electron chi connectivity index (χ1n) is 4.06. The number of ether oxygens (including phenoxy) is 2. The SMILES string of the molecule is Fc1cc(Cl)cc(Cl)c1C1OCCO1. The van der Waals surface area contributed by atoms with E-state index in [-0.39, 0.29) is 15.6 Å². The highest BCUT2D eigenvalue weighted by molar-refractivity contribution is 6.35. The molecule has 76 valence electrons. The fraction of sp³-hybridized carbons (Fsp3) is 0.333. The summed E-state index contributed by atoms with van der Waals surface area (Å²) in [6, 6.07) is 2.65. The van der Waals surface area contributed by atoms with Crippen LogP contribution in [0.2, 0.25) is 10.0 Å². The molecule has 2 nitrogen and oxygen atoms in total. The van der Waals surface area contributed by atoms with E-state index in [2.05, 4.69) is 0 Å². The number of hydrogen-bond donors (Lipinski definition) is 0. The van der Waals surface area contributed by atoms with Crippen LogP contribution >= 0.6 is 23.2 Å². The Kier molecular flexibility index (Phi) is 2.93. The van der Waals surface area contributed by atoms with E-state index < -0.39 is 12.1 Å². The zero-order valence-corrected chi connectivity index (χ0v) is 8.61. The predicted molar refractivity (Wildman–Crippen MR) is 51.1 cm³/mol. The number of rotatable bonds is 1. The summed E-state index contributed by atoms with van der Waals surface area (Å²) >= 11 is 11.5. The maximum atomic E-state index is 13.4. The van der Waals surface area contributed by atoms with Crippen LogP contribution in [0.1, 0.15) is 11.9 Å². The first-order valence-corrected chi connectivity index (χ1v) is 4.82. The zero-order valence-electron chi connectivity index (χ0n) is 7.10. The van der Waals surface area contributed by atoms with Crippen LogP contribution in [0.4, 0.5) is 4.39 Å². The Morgan fingerprint density at radius 2 is 1.86 bits per heavy atom. The summed E-state index contributed by atoms with van der Waals surface area (Å²) < 4.78 is 23.7. The van der Waals surface area contributed by atoms with Crippen molar-refractivity contribution in [2.45, 2.75) is 6.29 Å². The maximum Gasteiger partial charge on any atom is 0.188 e. The second-order valence-corrected chi connectivity index (χ2v) is 3.70. The maximum absolute atomic E-state index is 13.4. The zero-order chi connectivity index (χ0) is 10.1. The van der Waals surface area contributed by atoms with Gasteiger partial charge in [0.15, 0.2) is 6.29 Å². The van der Waals surface area contributed by atoms with Crippen LogP contribution in [0.3, 0.4) is 0 Å². The molecule has 1 aliphatic rings. The van der Waals surface area contributed by atoms with Gasteiger partial charge in [-0.15, -0.1) is 0 Å². The molecule has 0 N–H and O–H groups in total. The first kappa shape index (κ1) is 10.2. The monoisotopic (exact) mass is 236 g/mol. The quantitative estimate of drug-likeness (QED) is 0.746. The summed E-state index contributed by atoms with van der Waals surface area (Å²) in [4.78, 5) is 0. The summed E-state index contributed by atoms with van der Waals surface area (Å²) in [6.45, 7) is 0.895. The van der Waals surface area contributed by atoms with Crippen molar-refractivity contribution >= 4 is 23.2 Å². The molecular formula is C9H7Cl2FO2. The summed E-state index contributed by atoms with van der Waals surface area (Å²) in [6.07, 6.45) is -0.709. The van der Waals surface area contributed by atoms with Gasteiger partial charge in [0.2, 0.25) is 0 Å². The molecule has 1 fully saturated rings. The van der Waals surface area contributed by atoms with Crippen molar-refractivity contribution in [3.05, 3.63) is 33.6 Å². The van der Waals surface area contributed by atoms with Gasteiger partial charge in [0.05, 0.1) is 23.8 Å². The van der Waals surface area contributed by atoms with Crippen LogP contribution < -0.4 is 0 Å². The molecule has 0 bridgehead atoms. The van der Waals surface area contributed by atoms with Gasteiger partial charge in [-0.3, -0.25) is 0 Å². The van der Waals surface area contributed by atoms with Gasteiger partial charge in [0.25, 0.3) is 0 Å². The fourth-order valence-electron chi connectivity index (χ4n) is 1.30. The highest BCUT2D eigenvalue weighted by Crippen LogP contribution is 2.33. The molecule has 1 saturated heterocycles. The minimum Gasteiger partial charge on any atom is -0.346 e. The van der Waals surface area contributed by atoms with E-state index in [1.54, 1.807) is 0 Å². The first-order chi connectivity index (χ1) is 6.68. The Labute approximate surface area is 90.5 Å². The third-order valence-electron chi connectivity index (χ3n) is 1.90. The molecule has 0 saturated carbocycles. The number of hydrogen-bond acceptors (Lipinski definition) is 2. The van der Waals surface area contributed by atoms with Crippen molar-refractivity contribution < 1.29 is 13.9 Å². The van der Waals surface area contributed by atoms with Gasteiger partial charge in [-0.25, -0.2) is 4.39 Å². The Bertz CT molecular complexity index is 328. The van der Waals surface area contributed by atoms with Gasteiger partial charge in [0, 0.05) is 5.02 Å². The van der Waals surface area contributed by atoms with Crippen LogP contribution in [0.15, 0.2) is 12.1 Å². The van der Waals surface area contributed by atoms with E-state index >= 15 is 0 Å². The lowest BCUT2D eigenvalue weighted by molar-refractivity contribution is -0.0463. The van der Waals surface area contributed by atoms with Crippen LogP contribution in [0.5, 0.6) is 0 Å². The summed E-state index contributed by atoms with van der Waals surface area (Å²) in [7, 11) is 0. The molecule has 1 aliphatic heterocycles. The summed E-state index contributed by atoms with van der Waals surface area (Å²) in [5.41, 5.74) is 0.216. The molecule has 1 aromatic rings. The van der Waals surface area contributed by atoms with E-state index in [0.717, 1.165) is 0 Å². The third-order valence-corrected chi connectivity index (χ3v) is 2.43. The van der Waals surface area contributed by atoms with Crippen LogP contribution in [0, 0.1) is 5.82 Å². The van der Waals surface area contributed by atoms with Crippen LogP contribution in [-0.2, 0) is 9.47 Å². The third kappa shape index (κ3) is 1.86. The second-order valence-electron chi connectivity index (χ2n) is 2.86. The molecule has 0 atom stereocenters. The highest BCUT2D eigenvalue weighted by atomic mass is 35.5. The van der Waals surface area contributed by atoms with Gasteiger partial charge in [0.1, 0.15) is 5.82 Å². The number of halogens is 3. The molecule has 1 heterocycles. The van der Waals surface area contributed by atoms with E-state index in [0.29, 0.717) is 13.2 Å². The van der Waals surface area contributed by atoms with E-state index in [1.807, 2.05) is 0 Å². The topological polar surface area (TPSA) is 18.5 Å². The van der Waals surface area contributed by atoms with E-state index in [4.69, 9.17) is 32.7 Å². The van der Waals surface area contributed by atoms with Crippen molar-refractivity contribution in [2.24, 2.45) is 0 Å². The van der Waals surface area contributed by atoms with Gasteiger partial charge >= 0.3 is 0 Å². The van der Waals surface area contributed by atoms with Gasteiger partial charge in [-0.2, -0.15) is 0 Å². The smallest absolute Gasteiger partial charge is 0.188 e. The molecule has 5 heteroatoms. The molecule has 1 aromatic carbocycles. The lowest BCUT2D eigenvalue weighted by Crippen LogP contribution is -2.02. The molecule has 14 heavy (non-hydrogen) atoms. The fourth-order valence-corrected chi connectivity index (χ4v) is 1.86. The Hall–Kier alpha value is -0.350. The van der Waals surface area contributed by atoms with Crippen LogP contribution in [0.25, 0.3) is 0 Å². The lowest BCUT2D eigenvalue weighted by Gasteiger charge is -2.12. The van der Waals surface area contributed by atoms with Crippen molar-refractivity contribution in [3.63, 3.8) is 0 Å². The standard InChI is InChI=1S/C9H7Cl2FO2/c10-5-3-6(11)8(7(12)4-5)9-13-1-2-14-9/h3-4,9H,1-2H2. The molecule has 0 unspecified atom stereocenters. The minimum atomic E-state index is -0.709. The molecule has 2 rings (SSSR count). The molecule has 0 amide bonds. The largest absolute Gasteiger partial charge is 0.346 e. The van der Waals surface area contributed by atoms with Crippen molar-refractivity contribution in [2.75, 3.05) is 13.2 Å². The molecule has 0 radical (unpaired) electrons.